The zero-order valence-corrected chi connectivity index (χ0v) is 17.7. The standard InChI is InChI=1S/C20H38O10/c1-3-4-5-6-7-8-9-27-20-18(16(25)14(23)12(10-21)29-20)30-19-17(26)15(24)13(22)11(2)28-19/h11-26H,3-10H2,1-2H3/t11-,12+,13+,14-,15+,16-,17-,18+,19+,20+/m0/s1. The zero-order chi connectivity index (χ0) is 22.3. The van der Waals surface area contributed by atoms with Crippen molar-refractivity contribution in [3.63, 3.8) is 0 Å². The van der Waals surface area contributed by atoms with Crippen LogP contribution in [0, 0.1) is 0 Å². The van der Waals surface area contributed by atoms with E-state index in [1.54, 1.807) is 0 Å². The number of unbranched alkanes of at least 4 members (excludes halogenated alkanes) is 5. The van der Waals surface area contributed by atoms with E-state index in [9.17, 15) is 30.6 Å². The van der Waals surface area contributed by atoms with Gasteiger partial charge in [0.15, 0.2) is 12.6 Å². The molecule has 0 aliphatic carbocycles. The molecule has 10 heteroatoms. The summed E-state index contributed by atoms with van der Waals surface area (Å²) in [6.07, 6.45) is -6.59. The Labute approximate surface area is 177 Å². The Hall–Kier alpha value is -0.400. The van der Waals surface area contributed by atoms with Crippen molar-refractivity contribution in [1.29, 1.82) is 0 Å². The van der Waals surface area contributed by atoms with E-state index in [-0.39, 0.29) is 0 Å². The van der Waals surface area contributed by atoms with Gasteiger partial charge in [-0.1, -0.05) is 39.0 Å². The largest absolute Gasteiger partial charge is 0.394 e. The molecule has 2 heterocycles. The molecule has 2 saturated heterocycles. The third kappa shape index (κ3) is 6.55. The first kappa shape index (κ1) is 25.9. The highest BCUT2D eigenvalue weighted by atomic mass is 16.8. The number of rotatable bonds is 11. The number of hydrogen-bond donors (Lipinski definition) is 6. The van der Waals surface area contributed by atoms with Gasteiger partial charge in [0, 0.05) is 6.61 Å². The Balaban J connectivity index is 1.97. The number of hydrogen-bond acceptors (Lipinski definition) is 10. The van der Waals surface area contributed by atoms with Crippen LogP contribution < -0.4 is 0 Å². The van der Waals surface area contributed by atoms with Crippen LogP contribution in [0.5, 0.6) is 0 Å². The van der Waals surface area contributed by atoms with Gasteiger partial charge in [-0.2, -0.15) is 0 Å². The van der Waals surface area contributed by atoms with Crippen LogP contribution in [0.25, 0.3) is 0 Å². The van der Waals surface area contributed by atoms with Crippen molar-refractivity contribution in [2.24, 2.45) is 0 Å². The lowest BCUT2D eigenvalue weighted by Crippen LogP contribution is -2.64. The summed E-state index contributed by atoms with van der Waals surface area (Å²) in [7, 11) is 0. The van der Waals surface area contributed by atoms with E-state index in [0.29, 0.717) is 6.61 Å². The Morgan fingerprint density at radius 2 is 1.40 bits per heavy atom. The molecular formula is C20H38O10. The van der Waals surface area contributed by atoms with E-state index in [1.165, 1.54) is 13.3 Å². The maximum Gasteiger partial charge on any atom is 0.187 e. The van der Waals surface area contributed by atoms with E-state index < -0.39 is 68.0 Å². The first-order chi connectivity index (χ1) is 14.3. The van der Waals surface area contributed by atoms with Crippen LogP contribution in [0.4, 0.5) is 0 Å². The highest BCUT2D eigenvalue weighted by Crippen LogP contribution is 2.29. The first-order valence-electron chi connectivity index (χ1n) is 10.9. The van der Waals surface area contributed by atoms with Gasteiger partial charge in [0.05, 0.1) is 12.7 Å². The molecule has 0 spiro atoms. The lowest BCUT2D eigenvalue weighted by Gasteiger charge is -2.45. The molecule has 0 unspecified atom stereocenters. The number of ether oxygens (including phenoxy) is 4. The molecule has 0 saturated carbocycles. The summed E-state index contributed by atoms with van der Waals surface area (Å²) >= 11 is 0. The second kappa shape index (κ2) is 12.6. The van der Waals surface area contributed by atoms with Crippen molar-refractivity contribution in [3.8, 4) is 0 Å². The molecule has 10 atom stereocenters. The van der Waals surface area contributed by atoms with Crippen molar-refractivity contribution in [3.05, 3.63) is 0 Å². The maximum atomic E-state index is 10.5. The lowest BCUT2D eigenvalue weighted by molar-refractivity contribution is -0.364. The Bertz CT molecular complexity index is 481. The summed E-state index contributed by atoms with van der Waals surface area (Å²) in [5, 5.41) is 60.1. The van der Waals surface area contributed by atoms with Crippen molar-refractivity contribution in [2.45, 2.75) is 114 Å². The summed E-state index contributed by atoms with van der Waals surface area (Å²) < 4.78 is 22.4. The van der Waals surface area contributed by atoms with Gasteiger partial charge >= 0.3 is 0 Å². The zero-order valence-electron chi connectivity index (χ0n) is 17.7. The van der Waals surface area contributed by atoms with Crippen LogP contribution in [0.2, 0.25) is 0 Å². The summed E-state index contributed by atoms with van der Waals surface area (Å²) in [6.45, 7) is 3.46. The highest BCUT2D eigenvalue weighted by molar-refractivity contribution is 4.93. The van der Waals surface area contributed by atoms with E-state index in [2.05, 4.69) is 6.92 Å². The van der Waals surface area contributed by atoms with Gasteiger partial charge in [0.2, 0.25) is 0 Å². The monoisotopic (exact) mass is 438 g/mol. The van der Waals surface area contributed by atoms with E-state index in [1.807, 2.05) is 0 Å². The minimum absolute atomic E-state index is 0.323. The average Bonchev–Trinajstić information content (AvgIpc) is 2.74. The van der Waals surface area contributed by atoms with Gasteiger partial charge in [-0.25, -0.2) is 0 Å². The van der Waals surface area contributed by atoms with Crippen molar-refractivity contribution < 1.29 is 49.6 Å². The van der Waals surface area contributed by atoms with Crippen molar-refractivity contribution >= 4 is 0 Å². The van der Waals surface area contributed by atoms with Gasteiger partial charge < -0.3 is 49.6 Å². The molecule has 0 amide bonds. The summed E-state index contributed by atoms with van der Waals surface area (Å²) in [4.78, 5) is 0. The minimum atomic E-state index is -1.57. The second-order valence-electron chi connectivity index (χ2n) is 8.13. The predicted octanol–water partition coefficient (Wildman–Crippen LogP) is -0.985. The summed E-state index contributed by atoms with van der Waals surface area (Å²) in [5.74, 6) is 0. The fourth-order valence-corrected chi connectivity index (χ4v) is 3.70. The molecule has 0 radical (unpaired) electrons. The highest BCUT2D eigenvalue weighted by Gasteiger charge is 2.50. The predicted molar refractivity (Wildman–Crippen MR) is 104 cm³/mol. The lowest BCUT2D eigenvalue weighted by atomic mass is 9.97. The van der Waals surface area contributed by atoms with E-state index >= 15 is 0 Å². The minimum Gasteiger partial charge on any atom is -0.394 e. The molecule has 2 rings (SSSR count). The third-order valence-electron chi connectivity index (χ3n) is 5.70. The van der Waals surface area contributed by atoms with Gasteiger partial charge in [-0.15, -0.1) is 0 Å². The van der Waals surface area contributed by atoms with Gasteiger partial charge in [-0.3, -0.25) is 0 Å². The summed E-state index contributed by atoms with van der Waals surface area (Å²) in [5.41, 5.74) is 0. The molecular weight excluding hydrogens is 400 g/mol. The third-order valence-corrected chi connectivity index (χ3v) is 5.70. The normalized spacial score (nSPS) is 42.4. The Morgan fingerprint density at radius 1 is 0.733 bits per heavy atom. The topological polar surface area (TPSA) is 158 Å². The molecule has 6 N–H and O–H groups in total. The Kier molecular flexibility index (Phi) is 10.9. The molecule has 2 fully saturated rings. The average molecular weight is 439 g/mol. The van der Waals surface area contributed by atoms with Crippen LogP contribution in [0.15, 0.2) is 0 Å². The van der Waals surface area contributed by atoms with Crippen LogP contribution in [0.1, 0.15) is 52.4 Å². The second-order valence-corrected chi connectivity index (χ2v) is 8.13. The molecule has 2 aliphatic rings. The fourth-order valence-electron chi connectivity index (χ4n) is 3.70. The molecule has 0 bridgehead atoms. The van der Waals surface area contributed by atoms with Gasteiger partial charge in [-0.05, 0) is 13.3 Å². The van der Waals surface area contributed by atoms with Crippen LogP contribution in [-0.2, 0) is 18.9 Å². The molecule has 178 valence electrons. The van der Waals surface area contributed by atoms with E-state index in [4.69, 9.17) is 18.9 Å². The molecule has 0 aromatic carbocycles. The molecule has 0 aromatic rings. The van der Waals surface area contributed by atoms with Crippen LogP contribution in [-0.4, -0.2) is 105 Å². The quantitative estimate of drug-likeness (QED) is 0.221. The van der Waals surface area contributed by atoms with Crippen molar-refractivity contribution in [1.82, 2.24) is 0 Å². The first-order valence-corrected chi connectivity index (χ1v) is 10.9. The Morgan fingerprint density at radius 3 is 2.07 bits per heavy atom. The van der Waals surface area contributed by atoms with Crippen molar-refractivity contribution in [2.75, 3.05) is 13.2 Å². The molecule has 30 heavy (non-hydrogen) atoms. The van der Waals surface area contributed by atoms with Gasteiger partial charge in [0.1, 0.15) is 42.7 Å². The maximum absolute atomic E-state index is 10.5. The summed E-state index contributed by atoms with van der Waals surface area (Å²) in [6, 6.07) is 0. The fraction of sp³-hybridized carbons (Fsp3) is 1.00. The van der Waals surface area contributed by atoms with Crippen LogP contribution in [0.3, 0.4) is 0 Å². The SMILES string of the molecule is CCCCCCCCO[C@@H]1O[C@H](CO)[C@H](O)[C@H](O)[C@H]1O[C@H]1O[C@@H](C)[C@@H](O)[C@@H](O)[C@@H]1O. The van der Waals surface area contributed by atoms with E-state index in [0.717, 1.165) is 32.1 Å². The molecule has 2 aliphatic heterocycles. The molecule has 10 nitrogen and oxygen atoms in total. The van der Waals surface area contributed by atoms with Crippen LogP contribution >= 0.6 is 0 Å². The number of aliphatic hydroxyl groups is 6. The smallest absolute Gasteiger partial charge is 0.187 e. The van der Waals surface area contributed by atoms with Gasteiger partial charge in [0.25, 0.3) is 0 Å². The number of aliphatic hydroxyl groups excluding tert-OH is 6. The molecule has 0 aromatic heterocycles.